The monoisotopic (exact) mass is 434 g/mol. The number of rotatable bonds is 10. The molecule has 164 valence electrons. The Kier molecular flexibility index (Phi) is 8.81. The third-order valence-electron chi connectivity index (χ3n) is 5.07. The minimum atomic E-state index is 0. The predicted molar refractivity (Wildman–Crippen MR) is 120 cm³/mol. The highest BCUT2D eigenvalue weighted by molar-refractivity contribution is 5.95. The first-order chi connectivity index (χ1) is 14.1. The van der Waals surface area contributed by atoms with Gasteiger partial charge in [-0.05, 0) is 49.4 Å². The van der Waals surface area contributed by atoms with Crippen LogP contribution < -0.4 is 19.9 Å². The highest BCUT2D eigenvalue weighted by atomic mass is 35.5. The lowest BCUT2D eigenvalue weighted by molar-refractivity contribution is 0.0747. The summed E-state index contributed by atoms with van der Waals surface area (Å²) in [4.78, 5) is 15.0. The van der Waals surface area contributed by atoms with Crippen LogP contribution in [-0.2, 0) is 6.54 Å². The first-order valence-electron chi connectivity index (χ1n) is 10.1. The zero-order valence-corrected chi connectivity index (χ0v) is 18.7. The predicted octanol–water partition coefficient (Wildman–Crippen LogP) is 4.64. The second-order valence-corrected chi connectivity index (χ2v) is 7.34. The smallest absolute Gasteiger partial charge is 0.254 e. The number of ether oxygens (including phenoxy) is 3. The highest BCUT2D eigenvalue weighted by Gasteiger charge is 2.27. The van der Waals surface area contributed by atoms with Gasteiger partial charge in [0.25, 0.3) is 5.91 Å². The maximum atomic E-state index is 13.1. The van der Waals surface area contributed by atoms with Crippen molar-refractivity contribution >= 4 is 18.3 Å². The van der Waals surface area contributed by atoms with E-state index < -0.39 is 0 Å². The molecule has 6 nitrogen and oxygen atoms in total. The molecular formula is C23H31ClN2O4. The van der Waals surface area contributed by atoms with Crippen LogP contribution in [0.5, 0.6) is 23.0 Å². The van der Waals surface area contributed by atoms with Crippen LogP contribution in [0.3, 0.4) is 0 Å². The van der Waals surface area contributed by atoms with Crippen molar-refractivity contribution < 1.29 is 19.0 Å². The number of hydrogen-bond acceptors (Lipinski definition) is 5. The second-order valence-electron chi connectivity index (χ2n) is 7.34. The fourth-order valence-corrected chi connectivity index (χ4v) is 3.31. The number of nitrogens with zero attached hydrogens (tertiary/aromatic N) is 1. The van der Waals surface area contributed by atoms with Crippen molar-refractivity contribution in [3.8, 4) is 23.0 Å². The van der Waals surface area contributed by atoms with Crippen LogP contribution in [-0.4, -0.2) is 38.1 Å². The number of amides is 1. The van der Waals surface area contributed by atoms with E-state index in [0.717, 1.165) is 25.1 Å². The lowest BCUT2D eigenvalue weighted by Gasteiger charge is -2.22. The maximum absolute atomic E-state index is 13.1. The molecule has 0 aliphatic heterocycles. The SMILES string of the molecule is CCCN(CC1CC1)C(=O)c1ccc(OC)c(Oc2ccc(CN)c(OC)c2)c1.Cl. The quantitative estimate of drug-likeness (QED) is 0.589. The molecule has 3 rings (SSSR count). The Morgan fingerprint density at radius 2 is 1.80 bits per heavy atom. The molecule has 0 saturated heterocycles. The lowest BCUT2D eigenvalue weighted by atomic mass is 10.1. The van der Waals surface area contributed by atoms with Crippen LogP contribution in [0.2, 0.25) is 0 Å². The summed E-state index contributed by atoms with van der Waals surface area (Å²) in [6.45, 7) is 4.06. The van der Waals surface area contributed by atoms with Crippen molar-refractivity contribution in [1.82, 2.24) is 4.90 Å². The lowest BCUT2D eigenvalue weighted by Crippen LogP contribution is -2.33. The van der Waals surface area contributed by atoms with Gasteiger partial charge in [0.15, 0.2) is 11.5 Å². The van der Waals surface area contributed by atoms with Gasteiger partial charge in [-0.15, -0.1) is 12.4 Å². The summed E-state index contributed by atoms with van der Waals surface area (Å²) in [5, 5.41) is 0. The fraction of sp³-hybridized carbons (Fsp3) is 0.435. The Morgan fingerprint density at radius 1 is 1.07 bits per heavy atom. The second kappa shape index (κ2) is 11.1. The van der Waals surface area contributed by atoms with E-state index in [4.69, 9.17) is 19.9 Å². The maximum Gasteiger partial charge on any atom is 0.254 e. The summed E-state index contributed by atoms with van der Waals surface area (Å²) in [6.07, 6.45) is 3.36. The molecule has 2 N–H and O–H groups in total. The molecule has 1 aliphatic carbocycles. The Labute approximate surface area is 184 Å². The molecule has 1 amide bonds. The Bertz CT molecular complexity index is 855. The van der Waals surface area contributed by atoms with Crippen molar-refractivity contribution in [3.63, 3.8) is 0 Å². The molecule has 2 aromatic rings. The number of hydrogen-bond donors (Lipinski definition) is 1. The number of methoxy groups -OCH3 is 2. The average Bonchev–Trinajstić information content (AvgIpc) is 3.57. The molecule has 30 heavy (non-hydrogen) atoms. The van der Waals surface area contributed by atoms with Gasteiger partial charge in [0.1, 0.15) is 11.5 Å². The van der Waals surface area contributed by atoms with Crippen LogP contribution in [0.4, 0.5) is 0 Å². The van der Waals surface area contributed by atoms with E-state index in [0.29, 0.717) is 41.0 Å². The van der Waals surface area contributed by atoms with Crippen LogP contribution in [0, 0.1) is 5.92 Å². The Balaban J connectivity index is 0.00000320. The van der Waals surface area contributed by atoms with Crippen LogP contribution in [0.25, 0.3) is 0 Å². The number of benzene rings is 2. The number of carbonyl (C=O) groups is 1. The van der Waals surface area contributed by atoms with Gasteiger partial charge in [-0.2, -0.15) is 0 Å². The van der Waals surface area contributed by atoms with E-state index in [1.807, 2.05) is 17.0 Å². The van der Waals surface area contributed by atoms with Gasteiger partial charge < -0.3 is 24.8 Å². The van der Waals surface area contributed by atoms with E-state index in [1.54, 1.807) is 38.5 Å². The number of halogens is 1. The summed E-state index contributed by atoms with van der Waals surface area (Å²) in [5.74, 6) is 2.98. The van der Waals surface area contributed by atoms with Crippen molar-refractivity contribution in [2.45, 2.75) is 32.7 Å². The third-order valence-corrected chi connectivity index (χ3v) is 5.07. The molecule has 1 aliphatic rings. The van der Waals surface area contributed by atoms with Gasteiger partial charge in [0.05, 0.1) is 14.2 Å². The van der Waals surface area contributed by atoms with Gasteiger partial charge in [-0.3, -0.25) is 4.79 Å². The van der Waals surface area contributed by atoms with Gasteiger partial charge in [0, 0.05) is 36.8 Å². The number of nitrogens with two attached hydrogens (primary N) is 1. The molecule has 0 unspecified atom stereocenters. The van der Waals surface area contributed by atoms with Crippen molar-refractivity contribution in [3.05, 3.63) is 47.5 Å². The molecule has 0 atom stereocenters. The van der Waals surface area contributed by atoms with Crippen molar-refractivity contribution in [2.24, 2.45) is 11.7 Å². The molecule has 1 saturated carbocycles. The zero-order valence-electron chi connectivity index (χ0n) is 17.8. The Hall–Kier alpha value is -2.44. The van der Waals surface area contributed by atoms with Gasteiger partial charge in [-0.1, -0.05) is 13.0 Å². The fourth-order valence-electron chi connectivity index (χ4n) is 3.31. The Morgan fingerprint density at radius 3 is 2.40 bits per heavy atom. The van der Waals surface area contributed by atoms with Crippen LogP contribution >= 0.6 is 12.4 Å². The molecule has 0 aromatic heterocycles. The largest absolute Gasteiger partial charge is 0.496 e. The molecule has 0 radical (unpaired) electrons. The van der Waals surface area contributed by atoms with Gasteiger partial charge in [0.2, 0.25) is 0 Å². The van der Waals surface area contributed by atoms with Gasteiger partial charge in [-0.25, -0.2) is 0 Å². The van der Waals surface area contributed by atoms with E-state index in [9.17, 15) is 4.79 Å². The van der Waals surface area contributed by atoms with E-state index in [2.05, 4.69) is 6.92 Å². The van der Waals surface area contributed by atoms with E-state index in [-0.39, 0.29) is 18.3 Å². The third kappa shape index (κ3) is 5.80. The first kappa shape index (κ1) is 23.8. The molecule has 7 heteroatoms. The first-order valence-corrected chi connectivity index (χ1v) is 10.1. The topological polar surface area (TPSA) is 74.0 Å². The van der Waals surface area contributed by atoms with Crippen molar-refractivity contribution in [2.75, 3.05) is 27.3 Å². The zero-order chi connectivity index (χ0) is 20.8. The summed E-state index contributed by atoms with van der Waals surface area (Å²) >= 11 is 0. The van der Waals surface area contributed by atoms with Crippen LogP contribution in [0.15, 0.2) is 36.4 Å². The number of carbonyl (C=O) groups excluding carboxylic acids is 1. The van der Waals surface area contributed by atoms with Crippen LogP contribution in [0.1, 0.15) is 42.1 Å². The molecule has 1 fully saturated rings. The summed E-state index contributed by atoms with van der Waals surface area (Å²) in [7, 11) is 3.18. The molecule has 0 bridgehead atoms. The summed E-state index contributed by atoms with van der Waals surface area (Å²) in [5.41, 5.74) is 7.23. The van der Waals surface area contributed by atoms with E-state index >= 15 is 0 Å². The molecular weight excluding hydrogens is 404 g/mol. The average molecular weight is 435 g/mol. The van der Waals surface area contributed by atoms with Crippen molar-refractivity contribution in [1.29, 1.82) is 0 Å². The standard InChI is InChI=1S/C23H30N2O4.ClH/c1-4-11-25(15-16-5-6-16)23(26)17-8-10-20(27-2)22(12-17)29-19-9-7-18(14-24)21(13-19)28-3;/h7-10,12-13,16H,4-6,11,14-15,24H2,1-3H3;1H. The summed E-state index contributed by atoms with van der Waals surface area (Å²) in [6, 6.07) is 10.8. The van der Waals surface area contributed by atoms with E-state index in [1.165, 1.54) is 12.8 Å². The minimum Gasteiger partial charge on any atom is -0.496 e. The molecule has 2 aromatic carbocycles. The molecule has 0 heterocycles. The highest BCUT2D eigenvalue weighted by Crippen LogP contribution is 2.35. The summed E-state index contributed by atoms with van der Waals surface area (Å²) < 4.78 is 16.9. The minimum absolute atomic E-state index is 0. The molecule has 0 spiro atoms. The van der Waals surface area contributed by atoms with Gasteiger partial charge >= 0.3 is 0 Å². The normalized spacial score (nSPS) is 12.7.